The molecule has 0 amide bonds. The molecule has 2 N–H and O–H groups in total. The number of carbonyl (C=O) groups excluding carboxylic acids is 2. The van der Waals surface area contributed by atoms with Crippen LogP contribution < -0.4 is 5.32 Å². The van der Waals surface area contributed by atoms with Gasteiger partial charge in [-0.3, -0.25) is 9.59 Å². The van der Waals surface area contributed by atoms with Crippen molar-refractivity contribution in [3.63, 3.8) is 0 Å². The van der Waals surface area contributed by atoms with Gasteiger partial charge in [-0.25, -0.2) is 0 Å². The molecule has 5 fully saturated rings. The predicted molar refractivity (Wildman–Crippen MR) is 237 cm³/mol. The number of nitrogens with zero attached hydrogens (tertiary/aromatic N) is 1. The number of ketones is 1. The molecule has 19 atom stereocenters. The summed E-state index contributed by atoms with van der Waals surface area (Å²) in [5.41, 5.74) is 1.20. The molecule has 6 aliphatic rings. The molecule has 3 aliphatic heterocycles. The molecule has 3 saturated heterocycles. The van der Waals surface area contributed by atoms with Gasteiger partial charge in [0.2, 0.25) is 0 Å². The van der Waals surface area contributed by atoms with Gasteiger partial charge >= 0.3 is 5.97 Å². The molecule has 3 aliphatic carbocycles. The molecule has 0 aromatic heterocycles. The van der Waals surface area contributed by atoms with E-state index in [2.05, 4.69) is 63.3 Å². The van der Waals surface area contributed by atoms with Crippen LogP contribution in [0.15, 0.2) is 42.0 Å². The minimum Gasteiger partial charge on any atom is -0.462 e. The Kier molecular flexibility index (Phi) is 16.0. The maximum absolute atomic E-state index is 15.2. The quantitative estimate of drug-likeness (QED) is 0.231. The zero-order chi connectivity index (χ0) is 45.3. The van der Waals surface area contributed by atoms with Gasteiger partial charge < -0.3 is 53.2 Å². The first kappa shape index (κ1) is 48.6. The third kappa shape index (κ3) is 10.2. The number of Topliss-reactive ketones (excluding diaryl/α,β-unsaturated/α-hetero) is 1. The summed E-state index contributed by atoms with van der Waals surface area (Å²) in [4.78, 5) is 31.4. The molecule has 3 unspecified atom stereocenters. The first-order valence-electron chi connectivity index (χ1n) is 23.9. The smallest absolute Gasteiger partial charge is 0.306 e. The van der Waals surface area contributed by atoms with E-state index in [9.17, 15) is 9.90 Å². The van der Waals surface area contributed by atoms with E-state index in [1.165, 1.54) is 0 Å². The molecular weight excluding hydrogens is 805 g/mol. The highest BCUT2D eigenvalue weighted by Crippen LogP contribution is 2.57. The Labute approximate surface area is 376 Å². The number of aliphatic hydroxyl groups is 1. The standard InChI is InChI=1S/C50H78N2O11/c1-12-31-19-16-20-39(63-41-22-21-38(52(7)8)28(3)59-41)27(2)44(54)37-25-34-33-23-32(62-49-48(58-11)47(57-10)46(56-9)29(4)60-49)24-36(33)43(45(55)42(34)35(37)26-40(53)61-31)51-50(5,6)30-17-14-13-15-18-30/h13-15,17-18,25,27-29,31-36,38-39,41-43,45-49,51,55H,12,16,19-24,26H2,1-11H3/t27-,28?,29?,31+,32+,33+,34+,35-,36-,38+,39+,41+,42-,43+,45+,46+,47?,48+,49+/m1/s1. The van der Waals surface area contributed by atoms with E-state index in [1.54, 1.807) is 21.3 Å². The van der Waals surface area contributed by atoms with E-state index in [4.69, 9.17) is 37.9 Å². The van der Waals surface area contributed by atoms with Crippen LogP contribution in [0.4, 0.5) is 0 Å². The molecule has 0 spiro atoms. The number of esters is 1. The Hall–Kier alpha value is -2.30. The van der Waals surface area contributed by atoms with Crippen molar-refractivity contribution >= 4 is 11.8 Å². The molecule has 3 heterocycles. The molecule has 1 aromatic carbocycles. The molecule has 7 rings (SSSR count). The summed E-state index contributed by atoms with van der Waals surface area (Å²) in [7, 11) is 9.09. The zero-order valence-electron chi connectivity index (χ0n) is 39.8. The van der Waals surface area contributed by atoms with Gasteiger partial charge in [0.1, 0.15) is 24.4 Å². The van der Waals surface area contributed by atoms with Gasteiger partial charge in [-0.15, -0.1) is 0 Å². The van der Waals surface area contributed by atoms with E-state index < -0.39 is 54.2 Å². The third-order valence-electron chi connectivity index (χ3n) is 15.9. The number of cyclic esters (lactones) is 1. The Balaban J connectivity index is 1.22. The lowest BCUT2D eigenvalue weighted by Crippen LogP contribution is -2.61. The van der Waals surface area contributed by atoms with Crippen molar-refractivity contribution in [1.82, 2.24) is 10.2 Å². The highest BCUT2D eigenvalue weighted by Gasteiger charge is 2.60. The second-order valence-corrected chi connectivity index (χ2v) is 20.3. The van der Waals surface area contributed by atoms with Crippen molar-refractivity contribution in [3.05, 3.63) is 47.5 Å². The number of hydrogen-bond acceptors (Lipinski definition) is 13. The van der Waals surface area contributed by atoms with Crippen molar-refractivity contribution in [3.8, 4) is 0 Å². The van der Waals surface area contributed by atoms with Crippen LogP contribution in [0.2, 0.25) is 0 Å². The van der Waals surface area contributed by atoms with Crippen molar-refractivity contribution < 1.29 is 52.6 Å². The number of benzene rings is 1. The molecule has 13 heteroatoms. The predicted octanol–water partition coefficient (Wildman–Crippen LogP) is 6.19. The van der Waals surface area contributed by atoms with Crippen LogP contribution in [-0.4, -0.2) is 137 Å². The molecule has 63 heavy (non-hydrogen) atoms. The van der Waals surface area contributed by atoms with Crippen molar-refractivity contribution in [2.45, 2.75) is 184 Å². The van der Waals surface area contributed by atoms with Crippen LogP contribution in [0, 0.1) is 35.5 Å². The molecule has 354 valence electrons. The lowest BCUT2D eigenvalue weighted by molar-refractivity contribution is -0.314. The van der Waals surface area contributed by atoms with E-state index >= 15 is 4.79 Å². The van der Waals surface area contributed by atoms with Crippen LogP contribution >= 0.6 is 0 Å². The number of nitrogens with one attached hydrogen (secondary N) is 1. The SMILES string of the molecule is CC[C@H]1CCC[C@H](O[C@H]2CC[C@H](N(C)C)C(C)O2)[C@@H](C)C(=O)C2=C[C@H]3[C@@H]4C[C@H](O[C@@H]5OC(C)[C@H](OC)C(OC)[C@@H]5OC)C[C@H]4[C@H](NC(C)(C)c4ccccc4)[C@@H](O)[C@H]3[C@@H]2CC(=O)O1. The average molecular weight is 883 g/mol. The summed E-state index contributed by atoms with van der Waals surface area (Å²) in [5, 5.41) is 16.9. The van der Waals surface area contributed by atoms with E-state index in [0.29, 0.717) is 43.7 Å². The largest absolute Gasteiger partial charge is 0.462 e. The fraction of sp³-hybridized carbons (Fsp3) is 0.800. The summed E-state index contributed by atoms with van der Waals surface area (Å²) in [6.45, 7) is 12.4. The van der Waals surface area contributed by atoms with Crippen LogP contribution in [0.25, 0.3) is 0 Å². The van der Waals surface area contributed by atoms with Gasteiger partial charge in [0.05, 0.1) is 36.9 Å². The first-order chi connectivity index (χ1) is 30.1. The molecule has 2 saturated carbocycles. The number of methoxy groups -OCH3 is 3. The fourth-order valence-electron chi connectivity index (χ4n) is 12.6. The minimum absolute atomic E-state index is 0.0100. The van der Waals surface area contributed by atoms with Gasteiger partial charge in [-0.2, -0.15) is 0 Å². The Bertz CT molecular complexity index is 1710. The third-order valence-corrected chi connectivity index (χ3v) is 15.9. The second-order valence-electron chi connectivity index (χ2n) is 20.3. The second kappa shape index (κ2) is 20.7. The van der Waals surface area contributed by atoms with Gasteiger partial charge in [0, 0.05) is 56.7 Å². The van der Waals surface area contributed by atoms with Gasteiger partial charge in [-0.05, 0) is 122 Å². The number of fused-ring (bicyclic) bond motifs is 5. The van der Waals surface area contributed by atoms with Crippen molar-refractivity contribution in [1.29, 1.82) is 0 Å². The minimum atomic E-state index is -0.880. The Morgan fingerprint density at radius 1 is 0.857 bits per heavy atom. The van der Waals surface area contributed by atoms with Crippen LogP contribution in [-0.2, 0) is 53.0 Å². The number of ether oxygens (including phenoxy) is 8. The number of hydrogen-bond donors (Lipinski definition) is 2. The number of likely N-dealkylation sites (N-methyl/N-ethyl adjacent to an activating group) is 1. The number of allylic oxidation sites excluding steroid dienone is 2. The lowest BCUT2D eigenvalue weighted by atomic mass is 9.62. The van der Waals surface area contributed by atoms with Gasteiger partial charge in [0.25, 0.3) is 0 Å². The number of aliphatic hydroxyl groups excluding tert-OH is 1. The Morgan fingerprint density at radius 2 is 1.56 bits per heavy atom. The van der Waals surface area contributed by atoms with Crippen molar-refractivity contribution in [2.75, 3.05) is 35.4 Å². The van der Waals surface area contributed by atoms with E-state index in [-0.39, 0.29) is 78.6 Å². The Morgan fingerprint density at radius 3 is 2.21 bits per heavy atom. The summed E-state index contributed by atoms with van der Waals surface area (Å²) in [6, 6.07) is 10.2. The topological polar surface area (TPSA) is 143 Å². The highest BCUT2D eigenvalue weighted by molar-refractivity contribution is 5.99. The van der Waals surface area contributed by atoms with Crippen LogP contribution in [0.1, 0.15) is 105 Å². The maximum atomic E-state index is 15.2. The molecule has 13 nitrogen and oxygen atoms in total. The maximum Gasteiger partial charge on any atom is 0.306 e. The normalized spacial score (nSPS) is 42.7. The summed E-state index contributed by atoms with van der Waals surface area (Å²) in [5.74, 6) is -1.92. The summed E-state index contributed by atoms with van der Waals surface area (Å²) in [6.07, 6.45) is 3.51. The zero-order valence-corrected chi connectivity index (χ0v) is 39.8. The van der Waals surface area contributed by atoms with Gasteiger partial charge in [-0.1, -0.05) is 50.3 Å². The molecule has 0 radical (unpaired) electrons. The van der Waals surface area contributed by atoms with E-state index in [1.807, 2.05) is 39.0 Å². The number of rotatable bonds is 12. The fourth-order valence-corrected chi connectivity index (χ4v) is 12.6. The summed E-state index contributed by atoms with van der Waals surface area (Å²) >= 11 is 0. The highest BCUT2D eigenvalue weighted by atomic mass is 16.7. The monoisotopic (exact) mass is 883 g/mol. The van der Waals surface area contributed by atoms with Crippen LogP contribution in [0.5, 0.6) is 0 Å². The van der Waals surface area contributed by atoms with Crippen molar-refractivity contribution in [2.24, 2.45) is 35.5 Å². The summed E-state index contributed by atoms with van der Waals surface area (Å²) < 4.78 is 50.5. The first-order valence-corrected chi connectivity index (χ1v) is 23.9. The number of carbonyl (C=O) groups is 2. The average Bonchev–Trinajstić information content (AvgIpc) is 3.85. The van der Waals surface area contributed by atoms with Gasteiger partial charge in [0.15, 0.2) is 18.4 Å². The molecular formula is C50H78N2O11. The molecule has 0 bridgehead atoms. The van der Waals surface area contributed by atoms with E-state index in [0.717, 1.165) is 24.8 Å². The molecule has 1 aromatic rings. The lowest BCUT2D eigenvalue weighted by Gasteiger charge is -2.49. The van der Waals surface area contributed by atoms with Crippen LogP contribution in [0.3, 0.4) is 0 Å².